The van der Waals surface area contributed by atoms with Crippen LogP contribution in [0.25, 0.3) is 0 Å². The van der Waals surface area contributed by atoms with Crippen molar-refractivity contribution in [3.63, 3.8) is 0 Å². The Labute approximate surface area is 234 Å². The Morgan fingerprint density at radius 1 is 1.25 bits per heavy atom. The molecule has 3 rings (SSSR count). The summed E-state index contributed by atoms with van der Waals surface area (Å²) in [6, 6.07) is -0.786. The number of rotatable bonds is 3. The summed E-state index contributed by atoms with van der Waals surface area (Å²) in [6.45, 7) is 10.1. The van der Waals surface area contributed by atoms with E-state index in [1.807, 2.05) is 13.8 Å². The van der Waals surface area contributed by atoms with Crippen molar-refractivity contribution in [1.29, 1.82) is 0 Å². The fraction of sp³-hybridized carbons (Fsp3) is 0.500. The molecule has 10 heteroatoms. The quantitative estimate of drug-likeness (QED) is 0.430. The molecule has 2 aliphatic rings. The van der Waals surface area contributed by atoms with Crippen LogP contribution in [0.4, 0.5) is 0 Å². The fourth-order valence-electron chi connectivity index (χ4n) is 4.90. The fourth-order valence-corrected chi connectivity index (χ4v) is 4.90. The number of aliphatic hydroxyl groups excluding tert-OH is 1. The van der Waals surface area contributed by atoms with E-state index in [2.05, 4.69) is 16.9 Å². The van der Waals surface area contributed by atoms with Gasteiger partial charge in [0.15, 0.2) is 5.69 Å². The van der Waals surface area contributed by atoms with Crippen molar-refractivity contribution in [3.05, 3.63) is 66.5 Å². The van der Waals surface area contributed by atoms with Crippen LogP contribution in [-0.4, -0.2) is 69.9 Å². The van der Waals surface area contributed by atoms with Crippen molar-refractivity contribution in [2.45, 2.75) is 71.1 Å². The first-order chi connectivity index (χ1) is 19.1. The van der Waals surface area contributed by atoms with Crippen molar-refractivity contribution in [2.75, 3.05) is 13.1 Å². The van der Waals surface area contributed by atoms with E-state index in [1.54, 1.807) is 37.3 Å². The Morgan fingerprint density at radius 3 is 2.75 bits per heavy atom. The number of nitrogens with one attached hydrogen (secondary N) is 1. The third kappa shape index (κ3) is 8.61. The maximum Gasteiger partial charge on any atom is 0.329 e. The highest BCUT2D eigenvalue weighted by atomic mass is 16.5. The molecule has 0 unspecified atom stereocenters. The van der Waals surface area contributed by atoms with E-state index in [4.69, 9.17) is 9.15 Å². The Balaban J connectivity index is 1.90. The lowest BCUT2D eigenvalue weighted by Crippen LogP contribution is -2.44. The second kappa shape index (κ2) is 14.6. The second-order valence-corrected chi connectivity index (χ2v) is 10.5. The average Bonchev–Trinajstić information content (AvgIpc) is 3.56. The number of fused-ring (bicyclic) bond motifs is 3. The number of aromatic nitrogens is 1. The third-order valence-corrected chi connectivity index (χ3v) is 6.84. The number of carbonyl (C=O) groups is 4. The lowest BCUT2D eigenvalue weighted by Gasteiger charge is -2.30. The highest BCUT2D eigenvalue weighted by Gasteiger charge is 2.39. The minimum absolute atomic E-state index is 0.00112. The van der Waals surface area contributed by atoms with Gasteiger partial charge in [0, 0.05) is 25.4 Å². The molecule has 0 radical (unpaired) electrons. The molecule has 2 N–H and O–H groups in total. The van der Waals surface area contributed by atoms with Crippen LogP contribution in [0.2, 0.25) is 0 Å². The predicted octanol–water partition coefficient (Wildman–Crippen LogP) is 3.09. The number of carbonyl (C=O) groups excluding carboxylic acids is 4. The Kier molecular flexibility index (Phi) is 11.2. The number of oxazole rings is 1. The predicted molar refractivity (Wildman–Crippen MR) is 148 cm³/mol. The molecule has 1 aromatic rings. The first-order valence-electron chi connectivity index (χ1n) is 13.7. The number of aliphatic hydroxyl groups is 1. The molecule has 1 saturated heterocycles. The SMILES string of the molecule is C=CC[C@@H]1/C=C/C(=O)NC/C=C/C(C)=C/[C@@H](O)CC(=O)Cc2nc(co2)C(=O)N2CCC[C@@H]2C(=O)O[C@@H]1C(C)C. The molecule has 1 aromatic heterocycles. The lowest BCUT2D eigenvalue weighted by atomic mass is 9.89. The van der Waals surface area contributed by atoms with E-state index < -0.39 is 30.1 Å². The molecule has 0 aliphatic carbocycles. The number of allylic oxidation sites excluding steroid dienone is 3. The molecule has 0 spiro atoms. The van der Waals surface area contributed by atoms with Crippen LogP contribution in [0.5, 0.6) is 0 Å². The number of cyclic esters (lactones) is 1. The number of ether oxygens (including phenoxy) is 1. The average molecular weight is 554 g/mol. The normalized spacial score (nSPS) is 28.7. The van der Waals surface area contributed by atoms with Gasteiger partial charge in [0.1, 0.15) is 24.2 Å². The van der Waals surface area contributed by atoms with Gasteiger partial charge in [-0.05, 0) is 38.2 Å². The molecule has 4 atom stereocenters. The number of Topliss-reactive ketones (excluding diaryl/α,β-unsaturated/α-hetero) is 1. The van der Waals surface area contributed by atoms with Crippen LogP contribution in [0.3, 0.4) is 0 Å². The van der Waals surface area contributed by atoms with Crippen LogP contribution >= 0.6 is 0 Å². The smallest absolute Gasteiger partial charge is 0.329 e. The molecule has 1 fully saturated rings. The summed E-state index contributed by atoms with van der Waals surface area (Å²) in [7, 11) is 0. The molecule has 0 aromatic carbocycles. The Morgan fingerprint density at radius 2 is 2.02 bits per heavy atom. The van der Waals surface area contributed by atoms with Crippen molar-refractivity contribution in [3.8, 4) is 0 Å². The number of ketones is 1. The van der Waals surface area contributed by atoms with Gasteiger partial charge in [0.2, 0.25) is 11.8 Å². The molecule has 40 heavy (non-hydrogen) atoms. The van der Waals surface area contributed by atoms with Crippen molar-refractivity contribution in [1.82, 2.24) is 15.2 Å². The van der Waals surface area contributed by atoms with Crippen LogP contribution in [0.1, 0.15) is 62.8 Å². The Bertz CT molecular complexity index is 1180. The van der Waals surface area contributed by atoms with E-state index in [9.17, 15) is 24.3 Å². The molecule has 2 aliphatic heterocycles. The van der Waals surface area contributed by atoms with Gasteiger partial charge in [0.25, 0.3) is 5.91 Å². The van der Waals surface area contributed by atoms with Crippen LogP contribution in [-0.2, 0) is 25.5 Å². The summed E-state index contributed by atoms with van der Waals surface area (Å²) in [5, 5.41) is 13.1. The number of hydrogen-bond acceptors (Lipinski definition) is 8. The zero-order valence-electron chi connectivity index (χ0n) is 23.4. The number of nitrogens with zero attached hydrogens (tertiary/aromatic N) is 2. The van der Waals surface area contributed by atoms with E-state index in [0.717, 1.165) is 5.57 Å². The molecule has 0 saturated carbocycles. The molecule has 10 nitrogen and oxygen atoms in total. The van der Waals surface area contributed by atoms with Gasteiger partial charge in [-0.1, -0.05) is 49.8 Å². The van der Waals surface area contributed by atoms with Crippen LogP contribution in [0, 0.1) is 11.8 Å². The van der Waals surface area contributed by atoms with Gasteiger partial charge in [0.05, 0.1) is 12.5 Å². The maximum atomic E-state index is 13.3. The third-order valence-electron chi connectivity index (χ3n) is 6.84. The van der Waals surface area contributed by atoms with Gasteiger partial charge in [-0.3, -0.25) is 14.4 Å². The van der Waals surface area contributed by atoms with E-state index in [-0.39, 0.29) is 54.5 Å². The van der Waals surface area contributed by atoms with Crippen molar-refractivity contribution >= 4 is 23.6 Å². The van der Waals surface area contributed by atoms with E-state index in [0.29, 0.717) is 25.8 Å². The van der Waals surface area contributed by atoms with Gasteiger partial charge in [-0.15, -0.1) is 6.58 Å². The first-order valence-corrected chi connectivity index (χ1v) is 13.7. The maximum absolute atomic E-state index is 13.3. The van der Waals surface area contributed by atoms with E-state index >= 15 is 0 Å². The van der Waals surface area contributed by atoms with Crippen molar-refractivity contribution < 1.29 is 33.4 Å². The molecular formula is C30H39N3O7. The van der Waals surface area contributed by atoms with Gasteiger partial charge in [-0.2, -0.15) is 0 Å². The molecule has 2 amide bonds. The highest BCUT2D eigenvalue weighted by Crippen LogP contribution is 2.27. The molecule has 216 valence electrons. The topological polar surface area (TPSA) is 139 Å². The zero-order chi connectivity index (χ0) is 29.2. The second-order valence-electron chi connectivity index (χ2n) is 10.5. The van der Waals surface area contributed by atoms with Gasteiger partial charge < -0.3 is 24.5 Å². The standard InChI is InChI=1S/C30H39N3O7/c1-5-8-21-11-12-26(36)31-13-6-9-20(4)15-22(34)16-23(35)17-27-32-24(18-39-27)29(37)33-14-7-10-25(33)30(38)40-28(21)19(2)3/h5-6,9,11-12,15,18-19,21-22,25,28,34H,1,7-8,10,13-14,16-17H2,2-4H3,(H,31,36)/b9-6+,12-11+,20-15+/t21-,22-,25-,28-/m1/s1. The summed E-state index contributed by atoms with van der Waals surface area (Å²) in [5.41, 5.74) is 0.724. The minimum atomic E-state index is -1.01. The summed E-state index contributed by atoms with van der Waals surface area (Å²) in [6.07, 6.45) is 10.7. The van der Waals surface area contributed by atoms with Crippen molar-refractivity contribution in [2.24, 2.45) is 11.8 Å². The largest absolute Gasteiger partial charge is 0.460 e. The summed E-state index contributed by atoms with van der Waals surface area (Å²) < 4.78 is 11.3. The number of amides is 2. The highest BCUT2D eigenvalue weighted by molar-refractivity contribution is 5.95. The lowest BCUT2D eigenvalue weighted by molar-refractivity contribution is -0.158. The molecule has 2 bridgehead atoms. The number of hydrogen-bond donors (Lipinski definition) is 2. The number of esters is 1. The Hall–Kier alpha value is -3.79. The van der Waals surface area contributed by atoms with E-state index in [1.165, 1.54) is 17.2 Å². The van der Waals surface area contributed by atoms with Gasteiger partial charge >= 0.3 is 5.97 Å². The van der Waals surface area contributed by atoms with Crippen LogP contribution in [0.15, 0.2) is 59.3 Å². The summed E-state index contributed by atoms with van der Waals surface area (Å²) >= 11 is 0. The molecule has 3 heterocycles. The van der Waals surface area contributed by atoms with Gasteiger partial charge in [-0.25, -0.2) is 9.78 Å². The van der Waals surface area contributed by atoms with Crippen LogP contribution < -0.4 is 5.32 Å². The summed E-state index contributed by atoms with van der Waals surface area (Å²) in [4.78, 5) is 57.1. The monoisotopic (exact) mass is 553 g/mol. The molecular weight excluding hydrogens is 514 g/mol. The minimum Gasteiger partial charge on any atom is -0.460 e. The zero-order valence-corrected chi connectivity index (χ0v) is 23.4. The first kappa shape index (κ1) is 30.7. The summed E-state index contributed by atoms with van der Waals surface area (Å²) in [5.74, 6) is -1.91.